The number of rotatable bonds is 1. The highest BCUT2D eigenvalue weighted by Gasteiger charge is 2.22. The Morgan fingerprint density at radius 1 is 1.50 bits per heavy atom. The van der Waals surface area contributed by atoms with Crippen LogP contribution in [0.3, 0.4) is 0 Å². The number of alkyl halides is 1. The maximum atomic E-state index is 12.2. The van der Waals surface area contributed by atoms with E-state index in [1.807, 2.05) is 0 Å². The molecule has 0 heterocycles. The summed E-state index contributed by atoms with van der Waals surface area (Å²) in [6.45, 7) is 0. The topological polar surface area (TPSA) is 17.1 Å². The zero-order valence-corrected chi connectivity index (χ0v) is 4.64. The lowest BCUT2D eigenvalue weighted by Crippen LogP contribution is -1.95. The molecule has 2 heteroatoms. The molecule has 0 N–H and O–H groups in total. The van der Waals surface area contributed by atoms with Crippen LogP contribution in [0.2, 0.25) is 0 Å². The van der Waals surface area contributed by atoms with Crippen molar-refractivity contribution in [3.63, 3.8) is 0 Å². The lowest BCUT2D eigenvalue weighted by atomic mass is 10.1. The Morgan fingerprint density at radius 3 is 2.50 bits per heavy atom. The van der Waals surface area contributed by atoms with E-state index >= 15 is 0 Å². The fourth-order valence-electron chi connectivity index (χ4n) is 1.08. The molecule has 1 aliphatic rings. The van der Waals surface area contributed by atoms with E-state index in [1.54, 1.807) is 0 Å². The molecule has 1 aliphatic carbocycles. The third-order valence-electron chi connectivity index (χ3n) is 1.60. The minimum Gasteiger partial charge on any atom is -0.303 e. The van der Waals surface area contributed by atoms with Crippen LogP contribution >= 0.6 is 0 Å². The zero-order chi connectivity index (χ0) is 5.98. The van der Waals surface area contributed by atoms with E-state index in [0.29, 0.717) is 12.8 Å². The first-order chi connectivity index (χ1) is 3.83. The van der Waals surface area contributed by atoms with Gasteiger partial charge in [0.25, 0.3) is 0 Å². The van der Waals surface area contributed by atoms with Crippen LogP contribution in [-0.2, 0) is 4.79 Å². The highest BCUT2D eigenvalue weighted by molar-refractivity contribution is 5.54. The van der Waals surface area contributed by atoms with Crippen molar-refractivity contribution >= 4 is 6.29 Å². The van der Waals surface area contributed by atoms with Crippen molar-refractivity contribution < 1.29 is 9.18 Å². The predicted molar refractivity (Wildman–Crippen MR) is 28.3 cm³/mol. The smallest absolute Gasteiger partial charge is 0.123 e. The average Bonchev–Trinajstić information content (AvgIpc) is 2.14. The minimum atomic E-state index is -0.704. The first-order valence-corrected chi connectivity index (χ1v) is 2.92. The Hall–Kier alpha value is -0.400. The van der Waals surface area contributed by atoms with Gasteiger partial charge in [-0.1, -0.05) is 0 Å². The SMILES string of the molecule is O=CC1CC[C@@H](F)C1. The van der Waals surface area contributed by atoms with Crippen molar-refractivity contribution in [1.29, 1.82) is 0 Å². The Morgan fingerprint density at radius 2 is 2.25 bits per heavy atom. The first kappa shape index (κ1) is 5.73. The van der Waals surface area contributed by atoms with E-state index in [1.165, 1.54) is 0 Å². The number of hydrogen-bond acceptors (Lipinski definition) is 1. The molecule has 1 saturated carbocycles. The highest BCUT2D eigenvalue weighted by Crippen LogP contribution is 2.25. The number of carbonyl (C=O) groups excluding carboxylic acids is 1. The molecule has 0 aromatic heterocycles. The van der Waals surface area contributed by atoms with Crippen LogP contribution in [0, 0.1) is 5.92 Å². The lowest BCUT2D eigenvalue weighted by molar-refractivity contribution is -0.111. The van der Waals surface area contributed by atoms with E-state index in [4.69, 9.17) is 0 Å². The van der Waals surface area contributed by atoms with E-state index < -0.39 is 6.17 Å². The van der Waals surface area contributed by atoms with Gasteiger partial charge in [0.05, 0.1) is 0 Å². The third-order valence-corrected chi connectivity index (χ3v) is 1.60. The van der Waals surface area contributed by atoms with Crippen molar-refractivity contribution in [2.45, 2.75) is 25.4 Å². The van der Waals surface area contributed by atoms with Gasteiger partial charge in [-0.05, 0) is 19.3 Å². The second-order valence-electron chi connectivity index (χ2n) is 2.31. The van der Waals surface area contributed by atoms with Crippen molar-refractivity contribution in [2.75, 3.05) is 0 Å². The molecular weight excluding hydrogens is 107 g/mol. The monoisotopic (exact) mass is 116 g/mol. The van der Waals surface area contributed by atoms with E-state index in [9.17, 15) is 9.18 Å². The second-order valence-corrected chi connectivity index (χ2v) is 2.31. The third kappa shape index (κ3) is 1.05. The summed E-state index contributed by atoms with van der Waals surface area (Å²) in [7, 11) is 0. The van der Waals surface area contributed by atoms with Gasteiger partial charge in [-0.3, -0.25) is 0 Å². The highest BCUT2D eigenvalue weighted by atomic mass is 19.1. The van der Waals surface area contributed by atoms with E-state index in [2.05, 4.69) is 0 Å². The molecule has 0 bridgehead atoms. The Kier molecular flexibility index (Phi) is 1.61. The molecule has 8 heavy (non-hydrogen) atoms. The largest absolute Gasteiger partial charge is 0.303 e. The van der Waals surface area contributed by atoms with Crippen LogP contribution in [0.15, 0.2) is 0 Å². The Labute approximate surface area is 47.9 Å². The summed E-state index contributed by atoms with van der Waals surface area (Å²) in [6.07, 6.45) is 1.96. The Bertz CT molecular complexity index is 92.5. The standard InChI is InChI=1S/C6H9FO/c7-6-2-1-5(3-6)4-8/h4-6H,1-3H2/t5?,6-/m1/s1. The van der Waals surface area contributed by atoms with Gasteiger partial charge in [0.1, 0.15) is 12.5 Å². The van der Waals surface area contributed by atoms with Crippen molar-refractivity contribution in [3.8, 4) is 0 Å². The van der Waals surface area contributed by atoms with Crippen LogP contribution in [0.25, 0.3) is 0 Å². The molecule has 0 spiro atoms. The van der Waals surface area contributed by atoms with Crippen molar-refractivity contribution in [1.82, 2.24) is 0 Å². The summed E-state index contributed by atoms with van der Waals surface area (Å²) >= 11 is 0. The summed E-state index contributed by atoms with van der Waals surface area (Å²) in [4.78, 5) is 9.99. The molecule has 46 valence electrons. The predicted octanol–water partition coefficient (Wildman–Crippen LogP) is 1.32. The van der Waals surface area contributed by atoms with Crippen molar-refractivity contribution in [3.05, 3.63) is 0 Å². The zero-order valence-electron chi connectivity index (χ0n) is 4.64. The lowest BCUT2D eigenvalue weighted by Gasteiger charge is -1.92. The first-order valence-electron chi connectivity index (χ1n) is 2.92. The maximum Gasteiger partial charge on any atom is 0.123 e. The van der Waals surface area contributed by atoms with Crippen molar-refractivity contribution in [2.24, 2.45) is 5.92 Å². The van der Waals surface area contributed by atoms with Gasteiger partial charge in [-0.2, -0.15) is 0 Å². The van der Waals surface area contributed by atoms with Gasteiger partial charge < -0.3 is 4.79 Å². The normalized spacial score (nSPS) is 37.6. The van der Waals surface area contributed by atoms with Gasteiger partial charge in [-0.25, -0.2) is 4.39 Å². The molecule has 0 aromatic rings. The molecule has 1 nitrogen and oxygen atoms in total. The van der Waals surface area contributed by atoms with E-state index in [0.717, 1.165) is 12.7 Å². The quantitative estimate of drug-likeness (QED) is 0.472. The summed E-state index contributed by atoms with van der Waals surface area (Å²) in [6, 6.07) is 0. The molecule has 1 unspecified atom stereocenters. The number of carbonyl (C=O) groups is 1. The molecule has 0 aromatic carbocycles. The van der Waals surface area contributed by atoms with Crippen LogP contribution in [-0.4, -0.2) is 12.5 Å². The number of halogens is 1. The number of hydrogen-bond donors (Lipinski definition) is 0. The van der Waals surface area contributed by atoms with Crippen LogP contribution in [0.1, 0.15) is 19.3 Å². The molecule has 0 radical (unpaired) electrons. The van der Waals surface area contributed by atoms with Gasteiger partial charge in [-0.15, -0.1) is 0 Å². The van der Waals surface area contributed by atoms with Gasteiger partial charge in [0, 0.05) is 5.92 Å². The molecule has 0 aliphatic heterocycles. The van der Waals surface area contributed by atoms with Crippen LogP contribution in [0.4, 0.5) is 4.39 Å². The maximum absolute atomic E-state index is 12.2. The molecule has 1 fully saturated rings. The van der Waals surface area contributed by atoms with Gasteiger partial charge in [0.2, 0.25) is 0 Å². The summed E-state index contributed by atoms with van der Waals surface area (Å²) in [5, 5.41) is 0. The average molecular weight is 116 g/mol. The molecule has 2 atom stereocenters. The summed E-state index contributed by atoms with van der Waals surface area (Å²) in [5.74, 6) is 0.0185. The molecule has 1 rings (SSSR count). The summed E-state index contributed by atoms with van der Waals surface area (Å²) < 4.78 is 12.2. The van der Waals surface area contributed by atoms with Gasteiger partial charge >= 0.3 is 0 Å². The fourth-order valence-corrected chi connectivity index (χ4v) is 1.08. The Balaban J connectivity index is 2.32. The summed E-state index contributed by atoms with van der Waals surface area (Å²) in [5.41, 5.74) is 0. The van der Waals surface area contributed by atoms with E-state index in [-0.39, 0.29) is 5.92 Å². The van der Waals surface area contributed by atoms with Gasteiger partial charge in [0.15, 0.2) is 0 Å². The molecule has 0 saturated heterocycles. The van der Waals surface area contributed by atoms with Crippen LogP contribution in [0.5, 0.6) is 0 Å². The number of aldehydes is 1. The molecular formula is C6H9FO. The molecule has 0 amide bonds. The fraction of sp³-hybridized carbons (Fsp3) is 0.833. The minimum absolute atomic E-state index is 0.0185. The second kappa shape index (κ2) is 2.25. The van der Waals surface area contributed by atoms with Crippen LogP contribution < -0.4 is 0 Å².